The van der Waals surface area contributed by atoms with E-state index in [0.717, 1.165) is 46.5 Å². The minimum atomic E-state index is -0.241. The van der Waals surface area contributed by atoms with Crippen molar-refractivity contribution in [1.29, 1.82) is 0 Å². The van der Waals surface area contributed by atoms with Crippen molar-refractivity contribution in [2.24, 2.45) is 0 Å². The van der Waals surface area contributed by atoms with Gasteiger partial charge < -0.3 is 10.1 Å². The highest BCUT2D eigenvalue weighted by atomic mass is 79.9. The summed E-state index contributed by atoms with van der Waals surface area (Å²) in [6.07, 6.45) is 1.93. The lowest BCUT2D eigenvalue weighted by atomic mass is 9.99. The van der Waals surface area contributed by atoms with Crippen molar-refractivity contribution in [3.05, 3.63) is 57.8 Å². The molecule has 0 radical (unpaired) electrons. The Kier molecular flexibility index (Phi) is 4.15. The molecule has 1 aliphatic rings. The van der Waals surface area contributed by atoms with Crippen LogP contribution in [-0.4, -0.2) is 6.61 Å². The number of halogens is 2. The third-order valence-electron chi connectivity index (χ3n) is 3.76. The zero-order valence-electron chi connectivity index (χ0n) is 11.8. The maximum absolute atomic E-state index is 13.5. The minimum Gasteiger partial charge on any atom is -0.493 e. The molecule has 1 aliphatic heterocycles. The van der Waals surface area contributed by atoms with E-state index in [1.807, 2.05) is 6.07 Å². The molecule has 1 heterocycles. The molecule has 3 rings (SSSR count). The number of anilines is 1. The Morgan fingerprint density at radius 1 is 1.29 bits per heavy atom. The molecule has 0 fully saturated rings. The molecule has 1 atom stereocenters. The first kappa shape index (κ1) is 14.4. The van der Waals surface area contributed by atoms with Crippen LogP contribution in [-0.2, 0) is 0 Å². The van der Waals surface area contributed by atoms with Gasteiger partial charge in [0.15, 0.2) is 0 Å². The largest absolute Gasteiger partial charge is 0.493 e. The Morgan fingerprint density at radius 2 is 2.14 bits per heavy atom. The van der Waals surface area contributed by atoms with E-state index in [1.54, 1.807) is 6.07 Å². The molecule has 1 N–H and O–H groups in total. The van der Waals surface area contributed by atoms with Crippen LogP contribution in [0.4, 0.5) is 10.1 Å². The highest BCUT2D eigenvalue weighted by Gasteiger charge is 2.21. The first-order chi connectivity index (χ1) is 10.1. The molecule has 110 valence electrons. The van der Waals surface area contributed by atoms with Gasteiger partial charge in [-0.1, -0.05) is 18.2 Å². The van der Waals surface area contributed by atoms with Crippen LogP contribution in [0, 0.1) is 12.7 Å². The Labute approximate surface area is 132 Å². The zero-order chi connectivity index (χ0) is 14.8. The molecule has 0 spiro atoms. The van der Waals surface area contributed by atoms with Crippen molar-refractivity contribution >= 4 is 21.6 Å². The van der Waals surface area contributed by atoms with Crippen LogP contribution in [0.15, 0.2) is 40.9 Å². The fourth-order valence-electron chi connectivity index (χ4n) is 2.71. The van der Waals surface area contributed by atoms with Crippen molar-refractivity contribution in [2.45, 2.75) is 25.8 Å². The average Bonchev–Trinajstić information content (AvgIpc) is 2.67. The van der Waals surface area contributed by atoms with Gasteiger partial charge in [0.25, 0.3) is 0 Å². The molecule has 1 unspecified atom stereocenters. The second-order valence-electron chi connectivity index (χ2n) is 5.31. The SMILES string of the molecule is Cc1cccc2c1OCCCC2Nc1cc(F)ccc1Br. The van der Waals surface area contributed by atoms with Gasteiger partial charge in [0, 0.05) is 10.0 Å². The summed E-state index contributed by atoms with van der Waals surface area (Å²) in [4.78, 5) is 0. The van der Waals surface area contributed by atoms with Gasteiger partial charge in [0.05, 0.1) is 18.3 Å². The third-order valence-corrected chi connectivity index (χ3v) is 4.45. The first-order valence-electron chi connectivity index (χ1n) is 7.09. The Morgan fingerprint density at radius 3 is 3.00 bits per heavy atom. The predicted octanol–water partition coefficient (Wildman–Crippen LogP) is 5.22. The highest BCUT2D eigenvalue weighted by Crippen LogP contribution is 2.37. The molecule has 0 bridgehead atoms. The maximum atomic E-state index is 13.5. The predicted molar refractivity (Wildman–Crippen MR) is 86.4 cm³/mol. The molecular formula is C17H17BrFNO. The van der Waals surface area contributed by atoms with Crippen LogP contribution >= 0.6 is 15.9 Å². The molecule has 2 nitrogen and oxygen atoms in total. The normalized spacial score (nSPS) is 17.6. The standard InChI is InChI=1S/C17H17BrFNO/c1-11-4-2-5-13-15(6-3-9-21-17(11)13)20-16-10-12(19)7-8-14(16)18/h2,4-5,7-8,10,15,20H,3,6,9H2,1H3. The lowest BCUT2D eigenvalue weighted by Gasteiger charge is -2.21. The summed E-state index contributed by atoms with van der Waals surface area (Å²) in [5.41, 5.74) is 3.05. The molecule has 0 saturated carbocycles. The van der Waals surface area contributed by atoms with Gasteiger partial charge in [-0.15, -0.1) is 0 Å². The number of rotatable bonds is 2. The number of aryl methyl sites for hydroxylation is 1. The van der Waals surface area contributed by atoms with Crippen molar-refractivity contribution in [3.63, 3.8) is 0 Å². The second-order valence-corrected chi connectivity index (χ2v) is 6.16. The van der Waals surface area contributed by atoms with E-state index in [1.165, 1.54) is 12.1 Å². The Bertz CT molecular complexity index is 659. The number of para-hydroxylation sites is 1. The summed E-state index contributed by atoms with van der Waals surface area (Å²) in [7, 11) is 0. The monoisotopic (exact) mass is 349 g/mol. The van der Waals surface area contributed by atoms with Crippen LogP contribution in [0.25, 0.3) is 0 Å². The van der Waals surface area contributed by atoms with E-state index in [4.69, 9.17) is 4.74 Å². The molecule has 0 aliphatic carbocycles. The first-order valence-corrected chi connectivity index (χ1v) is 7.88. The van der Waals surface area contributed by atoms with E-state index in [9.17, 15) is 4.39 Å². The van der Waals surface area contributed by atoms with E-state index in [0.29, 0.717) is 0 Å². The molecule has 0 amide bonds. The Hall–Kier alpha value is -1.55. The van der Waals surface area contributed by atoms with Gasteiger partial charge in [-0.05, 0) is 59.5 Å². The molecule has 2 aromatic carbocycles. The van der Waals surface area contributed by atoms with Gasteiger partial charge >= 0.3 is 0 Å². The molecule has 4 heteroatoms. The summed E-state index contributed by atoms with van der Waals surface area (Å²) in [5, 5.41) is 3.45. The van der Waals surface area contributed by atoms with Gasteiger partial charge in [0.1, 0.15) is 11.6 Å². The third kappa shape index (κ3) is 3.05. The fourth-order valence-corrected chi connectivity index (χ4v) is 3.07. The van der Waals surface area contributed by atoms with Crippen LogP contribution < -0.4 is 10.1 Å². The average molecular weight is 350 g/mol. The molecule has 21 heavy (non-hydrogen) atoms. The van der Waals surface area contributed by atoms with E-state index < -0.39 is 0 Å². The van der Waals surface area contributed by atoms with Gasteiger partial charge in [-0.3, -0.25) is 0 Å². The molecule has 0 aromatic heterocycles. The van der Waals surface area contributed by atoms with Crippen molar-refractivity contribution in [1.82, 2.24) is 0 Å². The highest BCUT2D eigenvalue weighted by molar-refractivity contribution is 9.10. The van der Waals surface area contributed by atoms with E-state index in [-0.39, 0.29) is 11.9 Å². The van der Waals surface area contributed by atoms with Gasteiger partial charge in [-0.25, -0.2) is 4.39 Å². The molecule has 2 aromatic rings. The van der Waals surface area contributed by atoms with Crippen LogP contribution in [0.3, 0.4) is 0 Å². The van der Waals surface area contributed by atoms with Crippen molar-refractivity contribution in [2.75, 3.05) is 11.9 Å². The summed E-state index contributed by atoms with van der Waals surface area (Å²) in [6, 6.07) is 11.0. The topological polar surface area (TPSA) is 21.3 Å². The number of ether oxygens (including phenoxy) is 1. The molecule has 0 saturated heterocycles. The smallest absolute Gasteiger partial charge is 0.127 e. The second kappa shape index (κ2) is 6.06. The van der Waals surface area contributed by atoms with E-state index >= 15 is 0 Å². The summed E-state index contributed by atoms with van der Waals surface area (Å²) in [5.74, 6) is 0.718. The van der Waals surface area contributed by atoms with Crippen LogP contribution in [0.2, 0.25) is 0 Å². The number of hydrogen-bond donors (Lipinski definition) is 1. The quantitative estimate of drug-likeness (QED) is 0.802. The van der Waals surface area contributed by atoms with Crippen LogP contribution in [0.5, 0.6) is 5.75 Å². The number of nitrogens with one attached hydrogen (secondary N) is 1. The number of fused-ring (bicyclic) bond motifs is 1. The van der Waals surface area contributed by atoms with Crippen molar-refractivity contribution in [3.8, 4) is 5.75 Å². The van der Waals surface area contributed by atoms with Crippen molar-refractivity contribution < 1.29 is 9.13 Å². The minimum absolute atomic E-state index is 0.125. The van der Waals surface area contributed by atoms with Gasteiger partial charge in [0.2, 0.25) is 0 Å². The zero-order valence-corrected chi connectivity index (χ0v) is 13.4. The lowest BCUT2D eigenvalue weighted by Crippen LogP contribution is -2.11. The lowest BCUT2D eigenvalue weighted by molar-refractivity contribution is 0.314. The van der Waals surface area contributed by atoms with E-state index in [2.05, 4.69) is 40.3 Å². The number of hydrogen-bond acceptors (Lipinski definition) is 2. The summed E-state index contributed by atoms with van der Waals surface area (Å²) >= 11 is 3.47. The fraction of sp³-hybridized carbons (Fsp3) is 0.294. The van der Waals surface area contributed by atoms with Crippen LogP contribution in [0.1, 0.15) is 30.0 Å². The number of benzene rings is 2. The summed E-state index contributed by atoms with van der Waals surface area (Å²) in [6.45, 7) is 2.78. The maximum Gasteiger partial charge on any atom is 0.127 e. The Balaban J connectivity index is 1.96. The molecular weight excluding hydrogens is 333 g/mol. The summed E-state index contributed by atoms with van der Waals surface area (Å²) < 4.78 is 20.2. The van der Waals surface area contributed by atoms with Gasteiger partial charge in [-0.2, -0.15) is 0 Å².